The average Bonchev–Trinajstić information content (AvgIpc) is 2.86. The Morgan fingerprint density at radius 3 is 2.59 bits per heavy atom. The van der Waals surface area contributed by atoms with Gasteiger partial charge < -0.3 is 5.11 Å². The van der Waals surface area contributed by atoms with Gasteiger partial charge >= 0.3 is 0 Å². The molecule has 1 aromatic carbocycles. The van der Waals surface area contributed by atoms with E-state index < -0.39 is 0 Å². The predicted molar refractivity (Wildman–Crippen MR) is 85.7 cm³/mol. The van der Waals surface area contributed by atoms with Gasteiger partial charge in [-0.05, 0) is 24.3 Å². The van der Waals surface area contributed by atoms with E-state index in [0.717, 1.165) is 17.0 Å². The monoisotopic (exact) mass is 291 g/mol. The molecule has 0 spiro atoms. The van der Waals surface area contributed by atoms with Crippen LogP contribution in [0.2, 0.25) is 0 Å². The number of pyridine rings is 1. The zero-order chi connectivity index (χ0) is 15.9. The Kier molecular flexibility index (Phi) is 3.14. The van der Waals surface area contributed by atoms with Gasteiger partial charge in [-0.15, -0.1) is 0 Å². The molecular formula is C18H17N3O. The highest BCUT2D eigenvalue weighted by Crippen LogP contribution is 2.35. The summed E-state index contributed by atoms with van der Waals surface area (Å²) in [6.07, 6.45) is 1.90. The van der Waals surface area contributed by atoms with Crippen LogP contribution in [0.15, 0.2) is 42.6 Å². The summed E-state index contributed by atoms with van der Waals surface area (Å²) in [6, 6.07) is 12.9. The highest BCUT2D eigenvalue weighted by Gasteiger charge is 2.25. The first kappa shape index (κ1) is 14.2. The summed E-state index contributed by atoms with van der Waals surface area (Å²) in [7, 11) is 0. The molecule has 0 amide bonds. The molecule has 3 aromatic rings. The fourth-order valence-electron chi connectivity index (χ4n) is 2.61. The van der Waals surface area contributed by atoms with Crippen LogP contribution < -0.4 is 0 Å². The van der Waals surface area contributed by atoms with E-state index in [1.807, 2.05) is 28.8 Å². The molecular weight excluding hydrogens is 274 g/mol. The largest absolute Gasteiger partial charge is 0.508 e. The molecule has 3 rings (SSSR count). The van der Waals surface area contributed by atoms with Gasteiger partial charge in [0.2, 0.25) is 0 Å². The van der Waals surface area contributed by atoms with Crippen molar-refractivity contribution in [3.8, 4) is 23.1 Å². The lowest BCUT2D eigenvalue weighted by Crippen LogP contribution is -2.13. The number of phenols is 1. The van der Waals surface area contributed by atoms with Gasteiger partial charge in [0.05, 0.1) is 17.0 Å². The van der Waals surface area contributed by atoms with Gasteiger partial charge in [0.1, 0.15) is 11.8 Å². The van der Waals surface area contributed by atoms with E-state index >= 15 is 0 Å². The summed E-state index contributed by atoms with van der Waals surface area (Å²) in [5, 5.41) is 19.1. The van der Waals surface area contributed by atoms with Crippen molar-refractivity contribution in [2.45, 2.75) is 26.2 Å². The summed E-state index contributed by atoms with van der Waals surface area (Å²) in [4.78, 5) is 4.72. The van der Waals surface area contributed by atoms with E-state index in [1.54, 1.807) is 18.2 Å². The summed E-state index contributed by atoms with van der Waals surface area (Å²) in [6.45, 7) is 6.27. The number of rotatable bonds is 1. The maximum Gasteiger partial charge on any atom is 0.155 e. The van der Waals surface area contributed by atoms with E-state index in [4.69, 9.17) is 4.98 Å². The van der Waals surface area contributed by atoms with Crippen LogP contribution in [0.3, 0.4) is 0 Å². The van der Waals surface area contributed by atoms with Crippen molar-refractivity contribution in [2.75, 3.05) is 0 Å². The molecule has 0 saturated carbocycles. The van der Waals surface area contributed by atoms with Crippen LogP contribution in [-0.4, -0.2) is 14.5 Å². The smallest absolute Gasteiger partial charge is 0.155 e. The lowest BCUT2D eigenvalue weighted by molar-refractivity contribution is 0.475. The minimum Gasteiger partial charge on any atom is -0.508 e. The first-order chi connectivity index (χ1) is 10.4. The summed E-state index contributed by atoms with van der Waals surface area (Å²) in [5.74, 6) is 0.212. The minimum atomic E-state index is -0.181. The number of nitrogens with zero attached hydrogens (tertiary/aromatic N) is 3. The third-order valence-electron chi connectivity index (χ3n) is 3.60. The van der Waals surface area contributed by atoms with Crippen LogP contribution in [0, 0.1) is 11.3 Å². The molecule has 1 N–H and O–H groups in total. The highest BCUT2D eigenvalue weighted by atomic mass is 16.3. The van der Waals surface area contributed by atoms with E-state index in [1.165, 1.54) is 0 Å². The fourth-order valence-corrected chi connectivity index (χ4v) is 2.61. The normalized spacial score (nSPS) is 11.5. The van der Waals surface area contributed by atoms with Crippen molar-refractivity contribution in [1.82, 2.24) is 9.38 Å². The van der Waals surface area contributed by atoms with Crippen LogP contribution in [-0.2, 0) is 5.41 Å². The topological polar surface area (TPSA) is 61.3 Å². The van der Waals surface area contributed by atoms with Gasteiger partial charge in [0, 0.05) is 17.2 Å². The molecule has 0 bridgehead atoms. The predicted octanol–water partition coefficient (Wildman–Crippen LogP) is 3.88. The molecule has 0 saturated heterocycles. The molecule has 0 unspecified atom stereocenters. The van der Waals surface area contributed by atoms with Crippen molar-refractivity contribution in [3.63, 3.8) is 0 Å². The van der Waals surface area contributed by atoms with Crippen molar-refractivity contribution in [3.05, 3.63) is 53.9 Å². The van der Waals surface area contributed by atoms with Crippen LogP contribution in [0.4, 0.5) is 0 Å². The molecule has 0 aliphatic rings. The third kappa shape index (κ3) is 2.21. The number of phenolic OH excluding ortho intramolecular Hbond substituents is 1. The number of hydrogen-bond donors (Lipinski definition) is 1. The molecule has 22 heavy (non-hydrogen) atoms. The number of fused-ring (bicyclic) bond motifs is 1. The Hall–Kier alpha value is -2.80. The molecule has 0 fully saturated rings. The Morgan fingerprint density at radius 2 is 1.95 bits per heavy atom. The second kappa shape index (κ2) is 4.88. The number of hydrogen-bond acceptors (Lipinski definition) is 3. The molecule has 110 valence electrons. The first-order valence-corrected chi connectivity index (χ1v) is 7.13. The van der Waals surface area contributed by atoms with E-state index in [-0.39, 0.29) is 11.2 Å². The number of imidazole rings is 1. The highest BCUT2D eigenvalue weighted by molar-refractivity contribution is 5.72. The number of aromatic nitrogens is 2. The maximum absolute atomic E-state index is 9.80. The van der Waals surface area contributed by atoms with E-state index in [2.05, 4.69) is 26.8 Å². The summed E-state index contributed by atoms with van der Waals surface area (Å²) in [5.41, 5.74) is 3.70. The standard InChI is InChI=1S/C18H17N3O/c1-18(2,3)16-15(12-6-4-8-14(22)10-12)21-9-5-7-13(11-19)17(21)20-16/h4-10,22H,1-3H3. The first-order valence-electron chi connectivity index (χ1n) is 7.13. The van der Waals surface area contributed by atoms with Crippen molar-refractivity contribution in [1.29, 1.82) is 5.26 Å². The van der Waals surface area contributed by atoms with Gasteiger partial charge in [-0.2, -0.15) is 5.26 Å². The molecule has 4 nitrogen and oxygen atoms in total. The van der Waals surface area contributed by atoms with Crippen LogP contribution in [0.1, 0.15) is 32.0 Å². The van der Waals surface area contributed by atoms with Crippen LogP contribution >= 0.6 is 0 Å². The second-order valence-electron chi connectivity index (χ2n) is 6.34. The molecule has 0 radical (unpaired) electrons. The second-order valence-corrected chi connectivity index (χ2v) is 6.34. The quantitative estimate of drug-likeness (QED) is 0.740. The molecule has 2 heterocycles. The Labute approximate surface area is 129 Å². The van der Waals surface area contributed by atoms with Crippen molar-refractivity contribution >= 4 is 5.65 Å². The average molecular weight is 291 g/mol. The van der Waals surface area contributed by atoms with E-state index in [9.17, 15) is 10.4 Å². The lowest BCUT2D eigenvalue weighted by atomic mass is 9.89. The Balaban J connectivity index is 2.44. The Morgan fingerprint density at radius 1 is 1.18 bits per heavy atom. The van der Waals surface area contributed by atoms with Crippen molar-refractivity contribution in [2.24, 2.45) is 0 Å². The lowest BCUT2D eigenvalue weighted by Gasteiger charge is -2.18. The van der Waals surface area contributed by atoms with Gasteiger partial charge in [-0.1, -0.05) is 32.9 Å². The molecule has 2 aromatic heterocycles. The van der Waals surface area contributed by atoms with Gasteiger partial charge in [0.25, 0.3) is 0 Å². The van der Waals surface area contributed by atoms with Crippen LogP contribution in [0.25, 0.3) is 16.9 Å². The Bertz CT molecular complexity index is 895. The molecule has 0 aliphatic heterocycles. The van der Waals surface area contributed by atoms with Crippen LogP contribution in [0.5, 0.6) is 5.75 Å². The summed E-state index contributed by atoms with van der Waals surface area (Å²) >= 11 is 0. The number of aromatic hydroxyl groups is 1. The fraction of sp³-hybridized carbons (Fsp3) is 0.222. The SMILES string of the molecule is CC(C)(C)c1nc2c(C#N)cccn2c1-c1cccc(O)c1. The molecule has 0 atom stereocenters. The number of nitriles is 1. The maximum atomic E-state index is 9.80. The van der Waals surface area contributed by atoms with Crippen molar-refractivity contribution < 1.29 is 5.11 Å². The van der Waals surface area contributed by atoms with E-state index in [0.29, 0.717) is 11.2 Å². The van der Waals surface area contributed by atoms with Gasteiger partial charge in [0.15, 0.2) is 5.65 Å². The molecule has 4 heteroatoms. The number of benzene rings is 1. The van der Waals surface area contributed by atoms with Gasteiger partial charge in [-0.3, -0.25) is 4.40 Å². The summed E-state index contributed by atoms with van der Waals surface area (Å²) < 4.78 is 1.92. The molecule has 0 aliphatic carbocycles. The van der Waals surface area contributed by atoms with Gasteiger partial charge in [-0.25, -0.2) is 4.98 Å². The minimum absolute atomic E-state index is 0.181. The zero-order valence-electron chi connectivity index (χ0n) is 12.8. The zero-order valence-corrected chi connectivity index (χ0v) is 12.8. The third-order valence-corrected chi connectivity index (χ3v) is 3.60.